The SMILES string of the molecule is c1ccc(C2(c3ccc(-c4ccc5c(-c6c7ccccc7c(-c7ccc8c(c7)Oc7c(ccc9c7-c7ccccc7C9(c7ccccc7)c7ccccc7)O8)c7ccccc67)cccc5c4)cc3)c3ccccc3-c3c2ccc2c3Oc3cc(-c4c5ccccc5c(-c5ccc(-c6cccc7ccccc67)cc5)c5ccccc45)ccc3O2)cc1. The van der Waals surface area contributed by atoms with E-state index in [1.165, 1.54) is 110 Å². The lowest BCUT2D eigenvalue weighted by Gasteiger charge is -2.34. The lowest BCUT2D eigenvalue weighted by Crippen LogP contribution is -2.28. The first-order valence-corrected chi connectivity index (χ1v) is 41.3. The summed E-state index contributed by atoms with van der Waals surface area (Å²) in [6.07, 6.45) is 0. The molecule has 4 nitrogen and oxygen atoms in total. The Balaban J connectivity index is 0.555. The number of rotatable bonds is 10. The van der Waals surface area contributed by atoms with Gasteiger partial charge < -0.3 is 18.9 Å². The zero-order valence-electron chi connectivity index (χ0n) is 65.0. The molecule has 25 rings (SSSR count). The maximum atomic E-state index is 7.44. The topological polar surface area (TPSA) is 36.9 Å². The van der Waals surface area contributed by atoms with E-state index in [0.717, 1.165) is 94.2 Å². The quantitative estimate of drug-likeness (QED) is 0.128. The van der Waals surface area contributed by atoms with Gasteiger partial charge in [0.2, 0.25) is 0 Å². The minimum Gasteiger partial charge on any atom is -0.449 e. The van der Waals surface area contributed by atoms with Crippen LogP contribution in [0, 0.1) is 0 Å². The Labute approximate surface area is 693 Å². The Morgan fingerprint density at radius 1 is 0.150 bits per heavy atom. The molecule has 0 amide bonds. The normalized spacial score (nSPS) is 14.2. The Bertz CT molecular complexity index is 7720. The van der Waals surface area contributed by atoms with Crippen LogP contribution in [0.15, 0.2) is 425 Å². The highest BCUT2D eigenvalue weighted by atomic mass is 16.6. The molecule has 0 radical (unpaired) electrons. The minimum absolute atomic E-state index is 0.582. The summed E-state index contributed by atoms with van der Waals surface area (Å²) in [6, 6.07) is 155. The summed E-state index contributed by atoms with van der Waals surface area (Å²) in [5.41, 5.74) is 26.3. The van der Waals surface area contributed by atoms with Crippen molar-refractivity contribution in [2.45, 2.75) is 10.8 Å². The summed E-state index contributed by atoms with van der Waals surface area (Å²) < 4.78 is 28.7. The zero-order chi connectivity index (χ0) is 78.7. The van der Waals surface area contributed by atoms with E-state index >= 15 is 0 Å². The number of hydrogen-bond donors (Lipinski definition) is 0. The molecule has 120 heavy (non-hydrogen) atoms. The van der Waals surface area contributed by atoms with Crippen LogP contribution in [-0.4, -0.2) is 0 Å². The standard InChI is InChI=1S/C116H70O4/c1-4-29-79(30-5-1)115(80-31-6-2-7-32-80)97-48-22-20-44-95(97)111-99(115)62-66-103-113(111)119-106-70-78(58-65-102(106)117-103)109-91-40-16-18-42-93(91)110(94-43-19-17-41-92(94)109)86-47-25-28-76-68-75(56-61-85(76)86)71-54-59-82(60-55-71)116(81-33-8-3-9-34-81)98-49-23-21-45-96(98)112-100(116)63-67-104-114(112)120-105-69-77(57-64-101(105)118-104)108-89-38-14-12-36-87(89)107(88-37-13-15-39-90(88)108)74-52-50-73(51-53-74)84-46-24-27-72-26-10-11-35-83(72)84/h1-70H. The molecule has 1 unspecified atom stereocenters. The number of ether oxygens (including phenoxy) is 4. The molecule has 21 aromatic rings. The van der Waals surface area contributed by atoms with Crippen LogP contribution in [0.4, 0.5) is 0 Å². The van der Waals surface area contributed by atoms with E-state index in [-0.39, 0.29) is 0 Å². The highest BCUT2D eigenvalue weighted by molar-refractivity contribution is 6.25. The second-order valence-corrected chi connectivity index (χ2v) is 32.2. The van der Waals surface area contributed by atoms with Gasteiger partial charge in [-0.2, -0.15) is 0 Å². The van der Waals surface area contributed by atoms with Gasteiger partial charge in [-0.25, -0.2) is 0 Å². The number of hydrogen-bond acceptors (Lipinski definition) is 4. The first-order valence-electron chi connectivity index (χ1n) is 41.3. The summed E-state index contributed by atoms with van der Waals surface area (Å²) in [5.74, 6) is 5.51. The van der Waals surface area contributed by atoms with E-state index in [1.54, 1.807) is 0 Å². The molecule has 4 aliphatic rings. The predicted molar refractivity (Wildman–Crippen MR) is 492 cm³/mol. The van der Waals surface area contributed by atoms with Gasteiger partial charge in [-0.3, -0.25) is 0 Å². The molecule has 0 spiro atoms. The third-order valence-electron chi connectivity index (χ3n) is 26.1. The van der Waals surface area contributed by atoms with Crippen molar-refractivity contribution in [3.05, 3.63) is 469 Å². The summed E-state index contributed by atoms with van der Waals surface area (Å²) in [4.78, 5) is 0. The fourth-order valence-corrected chi connectivity index (χ4v) is 21.1. The summed E-state index contributed by atoms with van der Waals surface area (Å²) in [7, 11) is 0. The third kappa shape index (κ3) is 9.88. The van der Waals surface area contributed by atoms with E-state index < -0.39 is 10.8 Å². The van der Waals surface area contributed by atoms with Gasteiger partial charge >= 0.3 is 0 Å². The first-order chi connectivity index (χ1) is 59.5. The molecular weight excluding hydrogens is 1460 g/mol. The van der Waals surface area contributed by atoms with Crippen LogP contribution in [0.3, 0.4) is 0 Å². The zero-order valence-corrected chi connectivity index (χ0v) is 65.0. The highest BCUT2D eigenvalue weighted by Gasteiger charge is 2.50. The molecule has 2 aliphatic heterocycles. The van der Waals surface area contributed by atoms with Crippen LogP contribution < -0.4 is 18.9 Å². The number of benzene rings is 21. The molecule has 0 bridgehead atoms. The van der Waals surface area contributed by atoms with Crippen molar-refractivity contribution < 1.29 is 18.9 Å². The fourth-order valence-electron chi connectivity index (χ4n) is 21.1. The van der Waals surface area contributed by atoms with Crippen LogP contribution in [0.1, 0.15) is 44.5 Å². The van der Waals surface area contributed by atoms with E-state index in [2.05, 4.69) is 425 Å². The molecule has 4 heteroatoms. The molecule has 2 heterocycles. The van der Waals surface area contributed by atoms with Gasteiger partial charge in [-0.15, -0.1) is 0 Å². The molecule has 1 atom stereocenters. The Morgan fingerprint density at radius 2 is 0.483 bits per heavy atom. The predicted octanol–water partition coefficient (Wildman–Crippen LogP) is 31.1. The Hall–Kier alpha value is -15.6. The number of fused-ring (bicyclic) bond motifs is 18. The van der Waals surface area contributed by atoms with Crippen LogP contribution in [-0.2, 0) is 10.8 Å². The highest BCUT2D eigenvalue weighted by Crippen LogP contribution is 2.66. The van der Waals surface area contributed by atoms with Gasteiger partial charge in [0, 0.05) is 11.1 Å². The second kappa shape index (κ2) is 26.5. The molecule has 0 saturated carbocycles. The smallest absolute Gasteiger partial charge is 0.178 e. The van der Waals surface area contributed by atoms with E-state index in [4.69, 9.17) is 18.9 Å². The van der Waals surface area contributed by atoms with Crippen LogP contribution in [0.25, 0.3) is 154 Å². The van der Waals surface area contributed by atoms with Crippen molar-refractivity contribution in [1.29, 1.82) is 0 Å². The minimum atomic E-state index is -0.718. The van der Waals surface area contributed by atoms with E-state index in [1.807, 2.05) is 0 Å². The van der Waals surface area contributed by atoms with Crippen LogP contribution >= 0.6 is 0 Å². The fraction of sp³-hybridized carbons (Fsp3) is 0.0172. The lowest BCUT2D eigenvalue weighted by atomic mass is 9.67. The van der Waals surface area contributed by atoms with Gasteiger partial charge in [-0.1, -0.05) is 382 Å². The maximum absolute atomic E-state index is 7.44. The van der Waals surface area contributed by atoms with Gasteiger partial charge in [0.05, 0.1) is 10.8 Å². The van der Waals surface area contributed by atoms with Crippen molar-refractivity contribution in [3.8, 4) is 135 Å². The van der Waals surface area contributed by atoms with Crippen molar-refractivity contribution in [2.24, 2.45) is 0 Å². The molecule has 21 aromatic carbocycles. The van der Waals surface area contributed by atoms with Crippen molar-refractivity contribution in [1.82, 2.24) is 0 Å². The molecule has 0 saturated heterocycles. The largest absolute Gasteiger partial charge is 0.449 e. The van der Waals surface area contributed by atoms with E-state index in [0.29, 0.717) is 40.2 Å². The Morgan fingerprint density at radius 3 is 0.967 bits per heavy atom. The second-order valence-electron chi connectivity index (χ2n) is 32.2. The Kier molecular flexibility index (Phi) is 14.9. The van der Waals surface area contributed by atoms with Gasteiger partial charge in [0.25, 0.3) is 0 Å². The van der Waals surface area contributed by atoms with Crippen LogP contribution in [0.2, 0.25) is 0 Å². The maximum Gasteiger partial charge on any atom is 0.178 e. The molecule has 2 aliphatic carbocycles. The summed E-state index contributed by atoms with van der Waals surface area (Å²) >= 11 is 0. The van der Waals surface area contributed by atoms with Crippen LogP contribution in [0.5, 0.6) is 46.0 Å². The monoisotopic (exact) mass is 1530 g/mol. The van der Waals surface area contributed by atoms with Crippen molar-refractivity contribution in [3.63, 3.8) is 0 Å². The lowest BCUT2D eigenvalue weighted by molar-refractivity contribution is 0.360. The summed E-state index contributed by atoms with van der Waals surface area (Å²) in [5, 5.41) is 14.2. The van der Waals surface area contributed by atoms with Gasteiger partial charge in [0.1, 0.15) is 0 Å². The van der Waals surface area contributed by atoms with Crippen molar-refractivity contribution in [2.75, 3.05) is 0 Å². The average Bonchev–Trinajstić information content (AvgIpc) is 1.53. The summed E-state index contributed by atoms with van der Waals surface area (Å²) in [6.45, 7) is 0. The molecule has 0 aromatic heterocycles. The third-order valence-corrected chi connectivity index (χ3v) is 26.1. The molecular formula is C116H70O4. The first kappa shape index (κ1) is 67.7. The molecule has 0 N–H and O–H groups in total. The molecule has 0 fully saturated rings. The average molecular weight is 1530 g/mol. The van der Waals surface area contributed by atoms with Crippen molar-refractivity contribution >= 4 is 64.6 Å². The van der Waals surface area contributed by atoms with Gasteiger partial charge in [0.15, 0.2) is 46.0 Å². The van der Waals surface area contributed by atoms with Gasteiger partial charge in [-0.05, 0) is 229 Å². The molecule has 558 valence electrons. The van der Waals surface area contributed by atoms with E-state index in [9.17, 15) is 0 Å².